The highest BCUT2D eigenvalue weighted by Gasteiger charge is 1.95. The van der Waals surface area contributed by atoms with E-state index in [1.165, 1.54) is 5.56 Å². The van der Waals surface area contributed by atoms with Crippen LogP contribution in [0.15, 0.2) is 28.7 Å². The van der Waals surface area contributed by atoms with Gasteiger partial charge in [-0.05, 0) is 30.0 Å². The van der Waals surface area contributed by atoms with Gasteiger partial charge in [-0.3, -0.25) is 0 Å². The summed E-state index contributed by atoms with van der Waals surface area (Å²) in [5, 5.41) is 0. The zero-order chi connectivity index (χ0) is 10.4. The maximum atomic E-state index is 5.56. The van der Waals surface area contributed by atoms with Crippen molar-refractivity contribution in [2.45, 2.75) is 26.9 Å². The van der Waals surface area contributed by atoms with Crippen molar-refractivity contribution in [2.75, 3.05) is 6.61 Å². The van der Waals surface area contributed by atoms with E-state index >= 15 is 0 Å². The largest absolute Gasteiger partial charge is 0.377 e. The molecule has 1 aromatic carbocycles. The highest BCUT2D eigenvalue weighted by atomic mass is 79.9. The highest BCUT2D eigenvalue weighted by molar-refractivity contribution is 9.10. The quantitative estimate of drug-likeness (QED) is 0.724. The van der Waals surface area contributed by atoms with E-state index in [-0.39, 0.29) is 0 Å². The smallest absolute Gasteiger partial charge is 0.0716 e. The van der Waals surface area contributed by atoms with Gasteiger partial charge >= 0.3 is 0 Å². The summed E-state index contributed by atoms with van der Waals surface area (Å²) in [6.45, 7) is 6.00. The van der Waals surface area contributed by atoms with Gasteiger partial charge in [0, 0.05) is 11.1 Å². The zero-order valence-corrected chi connectivity index (χ0v) is 10.4. The van der Waals surface area contributed by atoms with Gasteiger partial charge < -0.3 is 4.74 Å². The second kappa shape index (κ2) is 6.20. The van der Waals surface area contributed by atoms with Crippen LogP contribution in [0.1, 0.15) is 25.8 Å². The molecule has 2 heteroatoms. The van der Waals surface area contributed by atoms with Crippen LogP contribution in [0, 0.1) is 5.92 Å². The van der Waals surface area contributed by atoms with Gasteiger partial charge in [-0.2, -0.15) is 0 Å². The Morgan fingerprint density at radius 1 is 1.21 bits per heavy atom. The third-order valence-corrected chi connectivity index (χ3v) is 2.55. The van der Waals surface area contributed by atoms with Gasteiger partial charge in [0.1, 0.15) is 0 Å². The second-order valence-corrected chi connectivity index (χ2v) is 4.78. The first-order valence-electron chi connectivity index (χ1n) is 5.00. The molecule has 1 nitrogen and oxygen atoms in total. The maximum absolute atomic E-state index is 5.56. The Bertz CT molecular complexity index is 254. The standard InChI is InChI=1S/C12H17BrO/c1-10(2)7-8-14-9-11-3-5-12(13)6-4-11/h3-6,10H,7-9H2,1-2H3. The van der Waals surface area contributed by atoms with Crippen LogP contribution in [-0.4, -0.2) is 6.61 Å². The highest BCUT2D eigenvalue weighted by Crippen LogP contribution is 2.11. The third kappa shape index (κ3) is 4.77. The summed E-state index contributed by atoms with van der Waals surface area (Å²) in [7, 11) is 0. The third-order valence-electron chi connectivity index (χ3n) is 2.02. The molecule has 0 saturated carbocycles. The Morgan fingerprint density at radius 3 is 2.43 bits per heavy atom. The lowest BCUT2D eigenvalue weighted by atomic mass is 10.1. The molecule has 0 amide bonds. The van der Waals surface area contributed by atoms with E-state index in [1.54, 1.807) is 0 Å². The zero-order valence-electron chi connectivity index (χ0n) is 8.79. The number of hydrogen-bond acceptors (Lipinski definition) is 1. The minimum absolute atomic E-state index is 0.722. The van der Waals surface area contributed by atoms with E-state index in [0.29, 0.717) is 0 Å². The van der Waals surface area contributed by atoms with Crippen LogP contribution in [-0.2, 0) is 11.3 Å². The van der Waals surface area contributed by atoms with Gasteiger partial charge in [-0.15, -0.1) is 0 Å². The minimum atomic E-state index is 0.722. The van der Waals surface area contributed by atoms with E-state index in [9.17, 15) is 0 Å². The maximum Gasteiger partial charge on any atom is 0.0716 e. The molecule has 0 heterocycles. The summed E-state index contributed by atoms with van der Waals surface area (Å²) in [4.78, 5) is 0. The van der Waals surface area contributed by atoms with Crippen molar-refractivity contribution in [3.63, 3.8) is 0 Å². The fourth-order valence-electron chi connectivity index (χ4n) is 1.09. The monoisotopic (exact) mass is 256 g/mol. The van der Waals surface area contributed by atoms with Crippen LogP contribution in [0.3, 0.4) is 0 Å². The Morgan fingerprint density at radius 2 is 1.86 bits per heavy atom. The number of ether oxygens (including phenoxy) is 1. The predicted molar refractivity (Wildman–Crippen MR) is 63.3 cm³/mol. The van der Waals surface area contributed by atoms with E-state index in [0.717, 1.165) is 30.0 Å². The molecule has 14 heavy (non-hydrogen) atoms. The molecule has 0 N–H and O–H groups in total. The van der Waals surface area contributed by atoms with Crippen molar-refractivity contribution in [1.82, 2.24) is 0 Å². The molecule has 1 rings (SSSR count). The van der Waals surface area contributed by atoms with Crippen molar-refractivity contribution in [1.29, 1.82) is 0 Å². The average molecular weight is 257 g/mol. The summed E-state index contributed by atoms with van der Waals surface area (Å²) in [5.41, 5.74) is 1.23. The first-order valence-corrected chi connectivity index (χ1v) is 5.80. The van der Waals surface area contributed by atoms with Crippen LogP contribution in [0.2, 0.25) is 0 Å². The van der Waals surface area contributed by atoms with Crippen molar-refractivity contribution < 1.29 is 4.74 Å². The summed E-state index contributed by atoms with van der Waals surface area (Å²) in [6, 6.07) is 8.25. The lowest BCUT2D eigenvalue weighted by molar-refractivity contribution is 0.110. The predicted octanol–water partition coefficient (Wildman–Crippen LogP) is 4.01. The fraction of sp³-hybridized carbons (Fsp3) is 0.500. The lowest BCUT2D eigenvalue weighted by Crippen LogP contribution is -1.99. The molecule has 0 atom stereocenters. The van der Waals surface area contributed by atoms with Crippen molar-refractivity contribution in [2.24, 2.45) is 5.92 Å². The Hall–Kier alpha value is -0.340. The van der Waals surface area contributed by atoms with E-state index in [4.69, 9.17) is 4.74 Å². The van der Waals surface area contributed by atoms with Crippen molar-refractivity contribution in [3.05, 3.63) is 34.3 Å². The number of hydrogen-bond donors (Lipinski definition) is 0. The molecule has 0 aliphatic heterocycles. The van der Waals surface area contributed by atoms with Crippen LogP contribution >= 0.6 is 15.9 Å². The molecule has 0 spiro atoms. The molecule has 0 bridgehead atoms. The molecule has 0 aliphatic rings. The Labute approximate surface area is 94.6 Å². The molecule has 0 saturated heterocycles. The van der Waals surface area contributed by atoms with Gasteiger partial charge in [-0.1, -0.05) is 41.9 Å². The molecule has 78 valence electrons. The van der Waals surface area contributed by atoms with Crippen LogP contribution < -0.4 is 0 Å². The molecule has 0 unspecified atom stereocenters. The van der Waals surface area contributed by atoms with E-state index < -0.39 is 0 Å². The average Bonchev–Trinajstić information content (AvgIpc) is 2.15. The van der Waals surface area contributed by atoms with Crippen LogP contribution in [0.4, 0.5) is 0 Å². The molecular formula is C12H17BrO. The molecule has 0 radical (unpaired) electrons. The van der Waals surface area contributed by atoms with Gasteiger partial charge in [0.2, 0.25) is 0 Å². The molecule has 1 aromatic rings. The topological polar surface area (TPSA) is 9.23 Å². The Kier molecular flexibility index (Phi) is 5.20. The van der Waals surface area contributed by atoms with Crippen LogP contribution in [0.25, 0.3) is 0 Å². The fourth-order valence-corrected chi connectivity index (χ4v) is 1.35. The molecule has 0 aromatic heterocycles. The van der Waals surface area contributed by atoms with E-state index in [1.807, 2.05) is 12.1 Å². The molecule has 0 aliphatic carbocycles. The van der Waals surface area contributed by atoms with Crippen LogP contribution in [0.5, 0.6) is 0 Å². The first kappa shape index (κ1) is 11.7. The van der Waals surface area contributed by atoms with Gasteiger partial charge in [0.25, 0.3) is 0 Å². The number of benzene rings is 1. The lowest BCUT2D eigenvalue weighted by Gasteiger charge is -2.06. The van der Waals surface area contributed by atoms with Gasteiger partial charge in [0.15, 0.2) is 0 Å². The van der Waals surface area contributed by atoms with Gasteiger partial charge in [0.05, 0.1) is 6.61 Å². The summed E-state index contributed by atoms with van der Waals surface area (Å²) < 4.78 is 6.67. The summed E-state index contributed by atoms with van der Waals surface area (Å²) in [6.07, 6.45) is 1.14. The Balaban J connectivity index is 2.21. The van der Waals surface area contributed by atoms with E-state index in [2.05, 4.69) is 41.9 Å². The van der Waals surface area contributed by atoms with Crippen molar-refractivity contribution in [3.8, 4) is 0 Å². The summed E-state index contributed by atoms with van der Waals surface area (Å²) in [5.74, 6) is 0.722. The second-order valence-electron chi connectivity index (χ2n) is 3.86. The number of halogens is 1. The molecule has 0 fully saturated rings. The first-order chi connectivity index (χ1) is 6.68. The van der Waals surface area contributed by atoms with Gasteiger partial charge in [-0.25, -0.2) is 0 Å². The molecular weight excluding hydrogens is 240 g/mol. The minimum Gasteiger partial charge on any atom is -0.377 e. The normalized spacial score (nSPS) is 10.9. The van der Waals surface area contributed by atoms with Crippen molar-refractivity contribution >= 4 is 15.9 Å². The number of rotatable bonds is 5. The SMILES string of the molecule is CC(C)CCOCc1ccc(Br)cc1. The summed E-state index contributed by atoms with van der Waals surface area (Å²) >= 11 is 3.41.